The maximum Gasteiger partial charge on any atom is 0.451 e. The van der Waals surface area contributed by atoms with Crippen molar-refractivity contribution < 1.29 is 41.0 Å². The third-order valence-electron chi connectivity index (χ3n) is 9.79. The molecule has 2 N–H and O–H groups in total. The van der Waals surface area contributed by atoms with Gasteiger partial charge in [-0.15, -0.1) is 0 Å². The Kier molecular flexibility index (Phi) is 11.4. The first kappa shape index (κ1) is 35.7. The van der Waals surface area contributed by atoms with Gasteiger partial charge in [-0.25, -0.2) is 9.97 Å². The molecule has 1 atom stereocenters. The zero-order valence-corrected chi connectivity index (χ0v) is 26.7. The molecule has 1 aromatic heterocycles. The van der Waals surface area contributed by atoms with E-state index < -0.39 is 35.8 Å². The summed E-state index contributed by atoms with van der Waals surface area (Å²) in [5, 5.41) is 11.7. The number of hydrogen-bond donors (Lipinski definition) is 2. The van der Waals surface area contributed by atoms with Crippen molar-refractivity contribution in [1.29, 1.82) is 0 Å². The van der Waals surface area contributed by atoms with Crippen molar-refractivity contribution in [3.8, 4) is 0 Å². The average Bonchev–Trinajstić information content (AvgIpc) is 3.01. The molecule has 1 aromatic carbocycles. The van der Waals surface area contributed by atoms with E-state index in [9.17, 15) is 35.9 Å². The fourth-order valence-corrected chi connectivity index (χ4v) is 6.87. The predicted molar refractivity (Wildman–Crippen MR) is 167 cm³/mol. The Balaban J connectivity index is 1.11. The van der Waals surface area contributed by atoms with Gasteiger partial charge >= 0.3 is 18.3 Å². The van der Waals surface area contributed by atoms with E-state index in [1.807, 2.05) is 9.80 Å². The van der Waals surface area contributed by atoms with Crippen LogP contribution in [0.3, 0.4) is 0 Å². The lowest BCUT2D eigenvalue weighted by Gasteiger charge is -2.41. The van der Waals surface area contributed by atoms with Crippen molar-refractivity contribution in [2.24, 2.45) is 11.8 Å². The van der Waals surface area contributed by atoms with Gasteiger partial charge in [-0.2, -0.15) is 26.3 Å². The predicted octanol–water partition coefficient (Wildman–Crippen LogP) is 5.64. The first-order chi connectivity index (χ1) is 22.8. The van der Waals surface area contributed by atoms with Gasteiger partial charge in [0.25, 0.3) is 0 Å². The molecule has 48 heavy (non-hydrogen) atoms. The summed E-state index contributed by atoms with van der Waals surface area (Å²) >= 11 is 0. The number of rotatable bonds is 12. The molecule has 0 bridgehead atoms. The molecule has 2 aromatic rings. The maximum atomic E-state index is 13.9. The van der Waals surface area contributed by atoms with Gasteiger partial charge in [0.05, 0.1) is 12.1 Å². The van der Waals surface area contributed by atoms with Gasteiger partial charge in [0.1, 0.15) is 17.7 Å². The Labute approximate surface area is 275 Å². The average molecular weight is 685 g/mol. The quantitative estimate of drug-likeness (QED) is 0.278. The molecule has 3 aliphatic rings. The molecule has 0 spiro atoms. The molecule has 1 amide bonds. The molecule has 3 saturated heterocycles. The molecule has 0 aliphatic carbocycles. The Morgan fingerprint density at radius 2 is 1.42 bits per heavy atom. The molecule has 5 rings (SSSR count). The summed E-state index contributed by atoms with van der Waals surface area (Å²) in [6.45, 7) is 3.37. The third kappa shape index (κ3) is 9.50. The van der Waals surface area contributed by atoms with Crippen molar-refractivity contribution in [2.45, 2.75) is 76.2 Å². The van der Waals surface area contributed by atoms with Crippen LogP contribution in [0.5, 0.6) is 0 Å². The van der Waals surface area contributed by atoms with Crippen molar-refractivity contribution in [3.05, 3.63) is 47.3 Å². The number of carbonyl (C=O) groups excluding carboxylic acids is 1. The summed E-state index contributed by atoms with van der Waals surface area (Å²) in [6.07, 6.45) is -1.55. The number of benzene rings is 1. The van der Waals surface area contributed by atoms with Crippen LogP contribution in [-0.4, -0.2) is 83.7 Å². The number of anilines is 2. The highest BCUT2D eigenvalue weighted by Gasteiger charge is 2.40. The van der Waals surface area contributed by atoms with Crippen LogP contribution in [0.1, 0.15) is 68.3 Å². The number of hydrogen-bond acceptors (Lipinski definition) is 7. The maximum absolute atomic E-state index is 13.9. The Morgan fingerprint density at radius 3 is 1.96 bits per heavy atom. The van der Waals surface area contributed by atoms with Crippen LogP contribution >= 0.6 is 0 Å². The van der Waals surface area contributed by atoms with Crippen LogP contribution in [0.4, 0.5) is 38.0 Å². The van der Waals surface area contributed by atoms with Crippen LogP contribution in [0, 0.1) is 11.8 Å². The number of amides is 1. The van der Waals surface area contributed by atoms with Crippen LogP contribution in [0.25, 0.3) is 0 Å². The Hall–Kier alpha value is -3.62. The van der Waals surface area contributed by atoms with E-state index >= 15 is 0 Å². The molecule has 4 heterocycles. The van der Waals surface area contributed by atoms with Crippen molar-refractivity contribution in [3.63, 3.8) is 0 Å². The van der Waals surface area contributed by atoms with Crippen LogP contribution < -0.4 is 15.1 Å². The highest BCUT2D eigenvalue weighted by atomic mass is 19.4. The minimum Gasteiger partial charge on any atom is -0.480 e. The van der Waals surface area contributed by atoms with E-state index in [-0.39, 0.29) is 30.6 Å². The lowest BCUT2D eigenvalue weighted by molar-refractivity contribution is -0.145. The lowest BCUT2D eigenvalue weighted by atomic mass is 9.87. The summed E-state index contributed by atoms with van der Waals surface area (Å²) in [6, 6.07) is 5.48. The zero-order chi connectivity index (χ0) is 34.5. The largest absolute Gasteiger partial charge is 0.480 e. The topological polar surface area (TPSA) is 102 Å². The van der Waals surface area contributed by atoms with E-state index in [1.54, 1.807) is 0 Å². The van der Waals surface area contributed by atoms with Crippen LogP contribution in [-0.2, 0) is 28.4 Å². The number of halogens is 6. The SMILES string of the molecule is O=C(O)CN1CCC(CCCC2CCN(c3cc(N4CC[C@H]4C(=O)NCCc4ccc(C(F)(F)F)cc4)nc(C(F)(F)F)n3)CC2)CC1. The number of aliphatic carboxylic acids is 1. The summed E-state index contributed by atoms with van der Waals surface area (Å²) in [5.74, 6) is -1.13. The summed E-state index contributed by atoms with van der Waals surface area (Å²) in [4.78, 5) is 36.9. The Bertz CT molecular complexity index is 1390. The summed E-state index contributed by atoms with van der Waals surface area (Å²) in [7, 11) is 0. The molecular formula is C33H42F6N6O3. The minimum atomic E-state index is -4.77. The van der Waals surface area contributed by atoms with E-state index in [0.717, 1.165) is 70.2 Å². The molecule has 264 valence electrons. The van der Waals surface area contributed by atoms with Gasteiger partial charge in [-0.1, -0.05) is 31.4 Å². The van der Waals surface area contributed by atoms with Crippen LogP contribution in [0.2, 0.25) is 0 Å². The minimum absolute atomic E-state index is 0.0398. The molecular weight excluding hydrogens is 642 g/mol. The van der Waals surface area contributed by atoms with Gasteiger partial charge in [0, 0.05) is 32.2 Å². The van der Waals surface area contributed by atoms with Crippen molar-refractivity contribution in [2.75, 3.05) is 55.6 Å². The highest BCUT2D eigenvalue weighted by Crippen LogP contribution is 2.35. The van der Waals surface area contributed by atoms with E-state index in [1.165, 1.54) is 23.1 Å². The number of carboxylic acids is 1. The number of nitrogens with one attached hydrogen (secondary N) is 1. The smallest absolute Gasteiger partial charge is 0.451 e. The fraction of sp³-hybridized carbons (Fsp3) is 0.636. The number of carbonyl (C=O) groups is 2. The van der Waals surface area contributed by atoms with Gasteiger partial charge in [-0.05, 0) is 81.1 Å². The van der Waals surface area contributed by atoms with Gasteiger partial charge in [-0.3, -0.25) is 14.5 Å². The molecule has 3 aliphatic heterocycles. The molecule has 15 heteroatoms. The normalized spacial score (nSPS) is 20.1. The summed E-state index contributed by atoms with van der Waals surface area (Å²) < 4.78 is 80.0. The van der Waals surface area contributed by atoms with Crippen molar-refractivity contribution in [1.82, 2.24) is 20.2 Å². The number of alkyl halides is 6. The third-order valence-corrected chi connectivity index (χ3v) is 9.79. The lowest BCUT2D eigenvalue weighted by Crippen LogP contribution is -2.57. The van der Waals surface area contributed by atoms with Gasteiger partial charge < -0.3 is 20.2 Å². The molecule has 3 fully saturated rings. The highest BCUT2D eigenvalue weighted by molar-refractivity contribution is 5.86. The number of piperidine rings is 2. The van der Waals surface area contributed by atoms with Gasteiger partial charge in [0.15, 0.2) is 0 Å². The Morgan fingerprint density at radius 1 is 0.812 bits per heavy atom. The van der Waals surface area contributed by atoms with Crippen LogP contribution in [0.15, 0.2) is 30.3 Å². The monoisotopic (exact) mass is 684 g/mol. The number of aromatic nitrogens is 2. The number of carboxylic acid groups (broad SMARTS) is 1. The van der Waals surface area contributed by atoms with E-state index in [0.29, 0.717) is 49.9 Å². The molecule has 0 radical (unpaired) electrons. The molecule has 0 unspecified atom stereocenters. The number of nitrogens with zero attached hydrogens (tertiary/aromatic N) is 5. The van der Waals surface area contributed by atoms with Crippen molar-refractivity contribution >= 4 is 23.5 Å². The fourth-order valence-electron chi connectivity index (χ4n) is 6.87. The summed E-state index contributed by atoms with van der Waals surface area (Å²) in [5.41, 5.74) is -0.143. The first-order valence-electron chi connectivity index (χ1n) is 16.6. The second-order valence-electron chi connectivity index (χ2n) is 13.1. The number of likely N-dealkylation sites (tertiary alicyclic amines) is 1. The van der Waals surface area contributed by atoms with Gasteiger partial charge in [0.2, 0.25) is 11.7 Å². The second kappa shape index (κ2) is 15.3. The van der Waals surface area contributed by atoms with E-state index in [4.69, 9.17) is 5.11 Å². The zero-order valence-electron chi connectivity index (χ0n) is 26.7. The second-order valence-corrected chi connectivity index (χ2v) is 13.1. The molecule has 0 saturated carbocycles. The molecule has 9 nitrogen and oxygen atoms in total. The van der Waals surface area contributed by atoms with E-state index in [2.05, 4.69) is 15.3 Å². The first-order valence-corrected chi connectivity index (χ1v) is 16.6. The standard InChI is InChI=1S/C33H42F6N6O3/c34-32(35,36)25-6-4-24(5-7-25)8-14-40-30(48)26-13-19-45(26)28-20-27(41-31(42-28)33(37,38)39)44-17-11-23(12-18-44)3-1-2-22-9-15-43(16-10-22)21-29(46)47/h4-7,20,22-23,26H,1-3,8-19,21H2,(H,40,48)(H,46,47)/t26-/m0/s1.